The predicted octanol–water partition coefficient (Wildman–Crippen LogP) is 3.52. The molecule has 1 aromatic carbocycles. The zero-order valence-electron chi connectivity index (χ0n) is 14.6. The van der Waals surface area contributed by atoms with Crippen molar-refractivity contribution < 1.29 is 8.81 Å². The second-order valence-electron chi connectivity index (χ2n) is 6.29. The minimum Gasteiger partial charge on any atom is -0.444 e. The largest absolute Gasteiger partial charge is 0.444 e. The second kappa shape index (κ2) is 8.65. The molecule has 6 heteroatoms. The molecule has 0 aliphatic heterocycles. The summed E-state index contributed by atoms with van der Waals surface area (Å²) in [5.41, 5.74) is 1.62. The van der Waals surface area contributed by atoms with Crippen molar-refractivity contribution in [2.75, 3.05) is 13.1 Å². The maximum absolute atomic E-state index is 13.0. The summed E-state index contributed by atoms with van der Waals surface area (Å²) in [6.07, 6.45) is 7.37. The third-order valence-corrected chi connectivity index (χ3v) is 4.32. The van der Waals surface area contributed by atoms with Crippen LogP contribution in [-0.4, -0.2) is 30.1 Å². The molecule has 0 unspecified atom stereocenters. The Morgan fingerprint density at radius 3 is 2.76 bits per heavy atom. The highest BCUT2D eigenvalue weighted by atomic mass is 19.1. The number of hydrogen-bond donors (Lipinski definition) is 2. The van der Waals surface area contributed by atoms with Crippen molar-refractivity contribution in [1.29, 1.82) is 0 Å². The van der Waals surface area contributed by atoms with Crippen LogP contribution in [0.2, 0.25) is 0 Å². The van der Waals surface area contributed by atoms with Gasteiger partial charge in [-0.3, -0.25) is 4.99 Å². The Bertz CT molecular complexity index is 690. The molecule has 2 aromatic rings. The van der Waals surface area contributed by atoms with E-state index >= 15 is 0 Å². The number of aliphatic imine (C=N–C) groups is 1. The lowest BCUT2D eigenvalue weighted by Gasteiger charge is -2.16. The number of halogens is 1. The number of rotatable bonds is 6. The molecule has 0 bridgehead atoms. The minimum absolute atomic E-state index is 0.268. The molecule has 0 amide bonds. The normalized spacial score (nSPS) is 15.5. The zero-order valence-corrected chi connectivity index (χ0v) is 14.6. The SMILES string of the molecule is CCNC(=NCCc1coc(-c2ccc(F)cc2)n1)NC1CCCC1. The van der Waals surface area contributed by atoms with Gasteiger partial charge in [-0.2, -0.15) is 0 Å². The van der Waals surface area contributed by atoms with Gasteiger partial charge in [0.25, 0.3) is 0 Å². The van der Waals surface area contributed by atoms with Crippen LogP contribution in [0.4, 0.5) is 4.39 Å². The molecule has 0 spiro atoms. The van der Waals surface area contributed by atoms with E-state index in [-0.39, 0.29) is 5.82 Å². The fourth-order valence-corrected chi connectivity index (χ4v) is 3.01. The summed E-state index contributed by atoms with van der Waals surface area (Å²) in [5, 5.41) is 6.79. The molecule has 1 saturated carbocycles. The van der Waals surface area contributed by atoms with Gasteiger partial charge in [0.2, 0.25) is 5.89 Å². The van der Waals surface area contributed by atoms with Crippen LogP contribution in [-0.2, 0) is 6.42 Å². The first-order valence-corrected chi connectivity index (χ1v) is 9.00. The molecule has 1 heterocycles. The summed E-state index contributed by atoms with van der Waals surface area (Å²) in [6.45, 7) is 3.55. The van der Waals surface area contributed by atoms with Crippen molar-refractivity contribution in [2.45, 2.75) is 45.1 Å². The van der Waals surface area contributed by atoms with Crippen LogP contribution >= 0.6 is 0 Å². The standard InChI is InChI=1S/C19H25FN4O/c1-2-21-19(24-16-5-3-4-6-16)22-12-11-17-13-25-18(23-17)14-7-9-15(20)10-8-14/h7-10,13,16H,2-6,11-12H2,1H3,(H2,21,22,24). The second-order valence-corrected chi connectivity index (χ2v) is 6.29. The molecule has 1 fully saturated rings. The molecule has 2 N–H and O–H groups in total. The van der Waals surface area contributed by atoms with Gasteiger partial charge in [-0.05, 0) is 44.0 Å². The third kappa shape index (κ3) is 5.05. The summed E-state index contributed by atoms with van der Waals surface area (Å²) in [7, 11) is 0. The van der Waals surface area contributed by atoms with Gasteiger partial charge >= 0.3 is 0 Å². The molecule has 0 saturated heterocycles. The highest BCUT2D eigenvalue weighted by molar-refractivity contribution is 5.80. The van der Waals surface area contributed by atoms with Crippen LogP contribution in [0.15, 0.2) is 39.9 Å². The number of nitrogens with one attached hydrogen (secondary N) is 2. The Kier molecular flexibility index (Phi) is 6.04. The summed E-state index contributed by atoms with van der Waals surface area (Å²) < 4.78 is 18.5. The Labute approximate surface area is 147 Å². The van der Waals surface area contributed by atoms with Crippen molar-refractivity contribution in [2.24, 2.45) is 4.99 Å². The zero-order chi connectivity index (χ0) is 17.5. The number of aromatic nitrogens is 1. The lowest BCUT2D eigenvalue weighted by atomic mass is 10.2. The number of benzene rings is 1. The van der Waals surface area contributed by atoms with Crippen molar-refractivity contribution in [1.82, 2.24) is 15.6 Å². The van der Waals surface area contributed by atoms with Crippen molar-refractivity contribution in [3.63, 3.8) is 0 Å². The van der Waals surface area contributed by atoms with Crippen molar-refractivity contribution in [3.8, 4) is 11.5 Å². The van der Waals surface area contributed by atoms with E-state index in [9.17, 15) is 4.39 Å². The van der Waals surface area contributed by atoms with Gasteiger partial charge < -0.3 is 15.1 Å². The van der Waals surface area contributed by atoms with E-state index in [1.807, 2.05) is 0 Å². The molecule has 25 heavy (non-hydrogen) atoms. The first kappa shape index (κ1) is 17.5. The molecular formula is C19H25FN4O. The Morgan fingerprint density at radius 2 is 2.04 bits per heavy atom. The third-order valence-electron chi connectivity index (χ3n) is 4.32. The van der Waals surface area contributed by atoms with E-state index < -0.39 is 0 Å². The summed E-state index contributed by atoms with van der Waals surface area (Å²) >= 11 is 0. The van der Waals surface area contributed by atoms with Crippen LogP contribution in [0.25, 0.3) is 11.5 Å². The average Bonchev–Trinajstić information content (AvgIpc) is 3.28. The maximum atomic E-state index is 13.0. The molecule has 1 aliphatic rings. The van der Waals surface area contributed by atoms with E-state index in [1.165, 1.54) is 37.8 Å². The van der Waals surface area contributed by atoms with Crippen LogP contribution < -0.4 is 10.6 Å². The van der Waals surface area contributed by atoms with Gasteiger partial charge in [-0.25, -0.2) is 9.37 Å². The molecule has 5 nitrogen and oxygen atoms in total. The Morgan fingerprint density at radius 1 is 1.28 bits per heavy atom. The van der Waals surface area contributed by atoms with Gasteiger partial charge in [0.1, 0.15) is 12.1 Å². The number of nitrogens with zero attached hydrogens (tertiary/aromatic N) is 2. The lowest BCUT2D eigenvalue weighted by Crippen LogP contribution is -2.42. The van der Waals surface area contributed by atoms with Gasteiger partial charge in [0, 0.05) is 31.1 Å². The predicted molar refractivity (Wildman–Crippen MR) is 97.0 cm³/mol. The fraction of sp³-hybridized carbons (Fsp3) is 0.474. The van der Waals surface area contributed by atoms with E-state index in [0.29, 0.717) is 24.9 Å². The topological polar surface area (TPSA) is 62.5 Å². The summed E-state index contributed by atoms with van der Waals surface area (Å²) in [5.74, 6) is 1.11. The van der Waals surface area contributed by atoms with Gasteiger partial charge in [-0.1, -0.05) is 12.8 Å². The Hall–Kier alpha value is -2.37. The van der Waals surface area contributed by atoms with Crippen LogP contribution in [0.5, 0.6) is 0 Å². The molecule has 1 aliphatic carbocycles. The summed E-state index contributed by atoms with van der Waals surface area (Å²) in [4.78, 5) is 9.09. The molecule has 134 valence electrons. The number of guanidine groups is 1. The van der Waals surface area contributed by atoms with Crippen LogP contribution in [0.3, 0.4) is 0 Å². The van der Waals surface area contributed by atoms with Crippen molar-refractivity contribution in [3.05, 3.63) is 42.0 Å². The van der Waals surface area contributed by atoms with E-state index in [0.717, 1.165) is 23.8 Å². The molecular weight excluding hydrogens is 319 g/mol. The maximum Gasteiger partial charge on any atom is 0.226 e. The molecule has 0 atom stereocenters. The van der Waals surface area contributed by atoms with Crippen LogP contribution in [0, 0.1) is 5.82 Å². The van der Waals surface area contributed by atoms with Crippen LogP contribution in [0.1, 0.15) is 38.3 Å². The van der Waals surface area contributed by atoms with Gasteiger partial charge in [0.05, 0.1) is 5.69 Å². The van der Waals surface area contributed by atoms with E-state index in [2.05, 4.69) is 27.5 Å². The number of hydrogen-bond acceptors (Lipinski definition) is 3. The van der Waals surface area contributed by atoms with Crippen molar-refractivity contribution >= 4 is 5.96 Å². The van der Waals surface area contributed by atoms with E-state index in [4.69, 9.17) is 4.42 Å². The Balaban J connectivity index is 1.55. The van der Waals surface area contributed by atoms with E-state index in [1.54, 1.807) is 18.4 Å². The number of oxazole rings is 1. The highest BCUT2D eigenvalue weighted by Gasteiger charge is 2.15. The molecule has 1 aromatic heterocycles. The highest BCUT2D eigenvalue weighted by Crippen LogP contribution is 2.19. The quantitative estimate of drug-likeness (QED) is 0.622. The molecule has 3 rings (SSSR count). The average molecular weight is 344 g/mol. The van der Waals surface area contributed by atoms with Gasteiger partial charge in [-0.15, -0.1) is 0 Å². The first-order valence-electron chi connectivity index (χ1n) is 9.00. The molecule has 0 radical (unpaired) electrons. The first-order chi connectivity index (χ1) is 12.2. The smallest absolute Gasteiger partial charge is 0.226 e. The minimum atomic E-state index is -0.268. The van der Waals surface area contributed by atoms with Gasteiger partial charge in [0.15, 0.2) is 5.96 Å². The summed E-state index contributed by atoms with van der Waals surface area (Å²) in [6, 6.07) is 6.67. The fourth-order valence-electron chi connectivity index (χ4n) is 3.01. The monoisotopic (exact) mass is 344 g/mol. The lowest BCUT2D eigenvalue weighted by molar-refractivity contribution is 0.572.